The summed E-state index contributed by atoms with van der Waals surface area (Å²) >= 11 is 0. The Morgan fingerprint density at radius 3 is 2.38 bits per heavy atom. The van der Waals surface area contributed by atoms with E-state index in [-0.39, 0.29) is 11.9 Å². The number of likely N-dealkylation sites (tertiary alicyclic amines) is 1. The monoisotopic (exact) mass is 289 g/mol. The fourth-order valence-electron chi connectivity index (χ4n) is 3.16. The zero-order valence-electron chi connectivity index (χ0n) is 12.5. The van der Waals surface area contributed by atoms with Crippen LogP contribution in [0.2, 0.25) is 0 Å². The van der Waals surface area contributed by atoms with Crippen LogP contribution >= 0.6 is 0 Å². The quantitative estimate of drug-likeness (QED) is 0.880. The topological polar surface area (TPSA) is 75.3 Å². The second-order valence-electron chi connectivity index (χ2n) is 5.89. The summed E-state index contributed by atoms with van der Waals surface area (Å²) in [5, 5.41) is 0. The first-order valence-corrected chi connectivity index (χ1v) is 7.81. The summed E-state index contributed by atoms with van der Waals surface area (Å²) in [4.78, 5) is 25.0. The minimum Gasteiger partial charge on any atom is -0.341 e. The van der Waals surface area contributed by atoms with Gasteiger partial charge in [-0.15, -0.1) is 0 Å². The lowest BCUT2D eigenvalue weighted by atomic mass is 10.0. The van der Waals surface area contributed by atoms with Gasteiger partial charge in [-0.3, -0.25) is 4.79 Å². The highest BCUT2D eigenvalue weighted by atomic mass is 16.2. The molecule has 1 atom stereocenters. The lowest BCUT2D eigenvalue weighted by Crippen LogP contribution is -2.47. The lowest BCUT2D eigenvalue weighted by Gasteiger charge is -2.36. The molecule has 6 heteroatoms. The fraction of sp³-hybridized carbons (Fsp3) is 0.667. The van der Waals surface area contributed by atoms with Gasteiger partial charge in [-0.2, -0.15) is 0 Å². The third-order valence-electron chi connectivity index (χ3n) is 4.57. The number of carbonyl (C=O) groups excluding carboxylic acids is 1. The van der Waals surface area contributed by atoms with E-state index in [0.717, 1.165) is 56.8 Å². The third-order valence-corrected chi connectivity index (χ3v) is 4.57. The third kappa shape index (κ3) is 2.85. The summed E-state index contributed by atoms with van der Waals surface area (Å²) in [6, 6.07) is 0.0465. The first kappa shape index (κ1) is 14.3. The molecular formula is C15H23N5O. The van der Waals surface area contributed by atoms with Gasteiger partial charge in [0.1, 0.15) is 0 Å². The zero-order chi connectivity index (χ0) is 14.8. The van der Waals surface area contributed by atoms with Crippen molar-refractivity contribution in [3.8, 4) is 0 Å². The largest absolute Gasteiger partial charge is 0.341 e. The van der Waals surface area contributed by atoms with Crippen molar-refractivity contribution in [1.29, 1.82) is 0 Å². The lowest BCUT2D eigenvalue weighted by molar-refractivity contribution is -0.131. The molecule has 1 aromatic rings. The second-order valence-corrected chi connectivity index (χ2v) is 5.89. The van der Waals surface area contributed by atoms with Crippen molar-refractivity contribution in [2.24, 2.45) is 5.73 Å². The van der Waals surface area contributed by atoms with Gasteiger partial charge in [-0.25, -0.2) is 9.97 Å². The molecule has 0 aliphatic carbocycles. The number of hydrogen-bond acceptors (Lipinski definition) is 5. The number of nitrogens with two attached hydrogens (primary N) is 1. The number of amides is 1. The van der Waals surface area contributed by atoms with Crippen molar-refractivity contribution >= 4 is 11.9 Å². The molecular weight excluding hydrogens is 266 g/mol. The van der Waals surface area contributed by atoms with Crippen LogP contribution < -0.4 is 10.6 Å². The van der Waals surface area contributed by atoms with Crippen molar-refractivity contribution in [1.82, 2.24) is 14.9 Å². The van der Waals surface area contributed by atoms with E-state index in [1.54, 1.807) is 0 Å². The first-order valence-electron chi connectivity index (χ1n) is 7.81. The van der Waals surface area contributed by atoms with Crippen LogP contribution in [-0.4, -0.2) is 52.5 Å². The van der Waals surface area contributed by atoms with E-state index in [4.69, 9.17) is 5.73 Å². The molecule has 2 N–H and O–H groups in total. The van der Waals surface area contributed by atoms with Gasteiger partial charge < -0.3 is 15.5 Å². The Labute approximate surface area is 125 Å². The highest BCUT2D eigenvalue weighted by Crippen LogP contribution is 2.23. The number of anilines is 1. The Morgan fingerprint density at radius 2 is 1.86 bits per heavy atom. The van der Waals surface area contributed by atoms with Crippen LogP contribution in [0.5, 0.6) is 0 Å². The SMILES string of the molecule is CCc1cnc(N2CCC(N3CCC(N)C3=O)CC2)nc1. The Hall–Kier alpha value is -1.69. The molecule has 21 heavy (non-hydrogen) atoms. The maximum atomic E-state index is 12.0. The zero-order valence-corrected chi connectivity index (χ0v) is 12.5. The van der Waals surface area contributed by atoms with Crippen molar-refractivity contribution in [3.63, 3.8) is 0 Å². The predicted molar refractivity (Wildman–Crippen MR) is 81.0 cm³/mol. The van der Waals surface area contributed by atoms with Crippen LogP contribution in [0, 0.1) is 0 Å². The van der Waals surface area contributed by atoms with Gasteiger partial charge in [0.15, 0.2) is 0 Å². The van der Waals surface area contributed by atoms with Crippen LogP contribution in [0.1, 0.15) is 31.7 Å². The fourth-order valence-corrected chi connectivity index (χ4v) is 3.16. The summed E-state index contributed by atoms with van der Waals surface area (Å²) in [7, 11) is 0. The van der Waals surface area contributed by atoms with Gasteiger partial charge in [-0.05, 0) is 31.2 Å². The van der Waals surface area contributed by atoms with Crippen molar-refractivity contribution in [3.05, 3.63) is 18.0 Å². The van der Waals surface area contributed by atoms with E-state index in [0.29, 0.717) is 6.04 Å². The van der Waals surface area contributed by atoms with E-state index in [2.05, 4.69) is 21.8 Å². The minimum absolute atomic E-state index is 0.122. The second kappa shape index (κ2) is 5.97. The van der Waals surface area contributed by atoms with Gasteiger partial charge in [0, 0.05) is 38.1 Å². The molecule has 1 aromatic heterocycles. The molecule has 2 aliphatic rings. The molecule has 6 nitrogen and oxygen atoms in total. The molecule has 2 aliphatic heterocycles. The van der Waals surface area contributed by atoms with Gasteiger partial charge in [0.25, 0.3) is 0 Å². The summed E-state index contributed by atoms with van der Waals surface area (Å²) in [6.45, 7) is 4.71. The average molecular weight is 289 g/mol. The van der Waals surface area contributed by atoms with Gasteiger partial charge >= 0.3 is 0 Å². The molecule has 1 amide bonds. The first-order chi connectivity index (χ1) is 10.2. The predicted octanol–water partition coefficient (Wildman–Crippen LogP) is 0.567. The van der Waals surface area contributed by atoms with Gasteiger partial charge in [-0.1, -0.05) is 6.92 Å². The number of piperidine rings is 1. The number of nitrogens with zero attached hydrogens (tertiary/aromatic N) is 4. The molecule has 0 bridgehead atoms. The van der Waals surface area contributed by atoms with E-state index in [1.165, 1.54) is 0 Å². The summed E-state index contributed by atoms with van der Waals surface area (Å²) < 4.78 is 0. The molecule has 0 aromatic carbocycles. The molecule has 114 valence electrons. The Morgan fingerprint density at radius 1 is 1.19 bits per heavy atom. The number of aromatic nitrogens is 2. The summed E-state index contributed by atoms with van der Waals surface area (Å²) in [5.74, 6) is 0.923. The number of hydrogen-bond donors (Lipinski definition) is 1. The van der Waals surface area contributed by atoms with Crippen LogP contribution in [0.25, 0.3) is 0 Å². The average Bonchev–Trinajstić information content (AvgIpc) is 2.87. The highest BCUT2D eigenvalue weighted by Gasteiger charge is 2.35. The smallest absolute Gasteiger partial charge is 0.239 e. The van der Waals surface area contributed by atoms with E-state index in [1.807, 2.05) is 17.3 Å². The van der Waals surface area contributed by atoms with E-state index in [9.17, 15) is 4.79 Å². The molecule has 0 radical (unpaired) electrons. The maximum absolute atomic E-state index is 12.0. The minimum atomic E-state index is -0.284. The molecule has 2 fully saturated rings. The summed E-state index contributed by atoms with van der Waals surface area (Å²) in [6.07, 6.45) is 7.49. The maximum Gasteiger partial charge on any atom is 0.239 e. The van der Waals surface area contributed by atoms with Gasteiger partial charge in [0.05, 0.1) is 6.04 Å². The van der Waals surface area contributed by atoms with E-state index >= 15 is 0 Å². The Balaban J connectivity index is 1.58. The number of rotatable bonds is 3. The van der Waals surface area contributed by atoms with Crippen LogP contribution in [-0.2, 0) is 11.2 Å². The Bertz CT molecular complexity index is 495. The molecule has 3 rings (SSSR count). The van der Waals surface area contributed by atoms with Gasteiger partial charge in [0.2, 0.25) is 11.9 Å². The highest BCUT2D eigenvalue weighted by molar-refractivity contribution is 5.84. The summed E-state index contributed by atoms with van der Waals surface area (Å²) in [5.41, 5.74) is 6.96. The normalized spacial score (nSPS) is 23.9. The standard InChI is InChI=1S/C15H23N5O/c1-2-11-9-17-15(18-10-11)19-6-3-12(4-7-19)20-8-5-13(16)14(20)21/h9-10,12-13H,2-8,16H2,1H3. The molecule has 1 unspecified atom stereocenters. The molecule has 2 saturated heterocycles. The molecule has 0 saturated carbocycles. The molecule has 0 spiro atoms. The van der Waals surface area contributed by atoms with E-state index < -0.39 is 0 Å². The van der Waals surface area contributed by atoms with Crippen molar-refractivity contribution in [2.45, 2.75) is 44.7 Å². The van der Waals surface area contributed by atoms with Crippen molar-refractivity contribution < 1.29 is 4.79 Å². The number of carbonyl (C=O) groups is 1. The van der Waals surface area contributed by atoms with Crippen LogP contribution in [0.15, 0.2) is 12.4 Å². The van der Waals surface area contributed by atoms with Crippen LogP contribution in [0.3, 0.4) is 0 Å². The number of aryl methyl sites for hydroxylation is 1. The van der Waals surface area contributed by atoms with Crippen LogP contribution in [0.4, 0.5) is 5.95 Å². The molecule has 3 heterocycles. The Kier molecular flexibility index (Phi) is 4.05. The van der Waals surface area contributed by atoms with Crippen molar-refractivity contribution in [2.75, 3.05) is 24.5 Å².